The first-order valence-corrected chi connectivity index (χ1v) is 19.0. The Bertz CT molecular complexity index is 926. The Morgan fingerprint density at radius 1 is 0.875 bits per heavy atom. The van der Waals surface area contributed by atoms with Gasteiger partial charge in [0.05, 0.1) is 19.0 Å². The Morgan fingerprint density at radius 3 is 2.33 bits per heavy atom. The molecule has 0 saturated heterocycles. The van der Waals surface area contributed by atoms with Crippen LogP contribution < -0.4 is 0 Å². The van der Waals surface area contributed by atoms with Gasteiger partial charge in [-0.25, -0.2) is 0 Å². The van der Waals surface area contributed by atoms with Gasteiger partial charge in [0.15, 0.2) is 0 Å². The minimum Gasteiger partial charge on any atom is -0.378 e. The predicted molar refractivity (Wildman–Crippen MR) is 167 cm³/mol. The van der Waals surface area contributed by atoms with Crippen LogP contribution in [-0.4, -0.2) is 34.0 Å². The second-order valence-corrected chi connectivity index (χ2v) is 16.8. The molecule has 0 unspecified atom stereocenters. The van der Waals surface area contributed by atoms with E-state index in [4.69, 9.17) is 8.92 Å². The topological polar surface area (TPSA) is 52.6 Å². The molecule has 4 nitrogen and oxygen atoms in total. The van der Waals surface area contributed by atoms with Crippen molar-refractivity contribution in [3.8, 4) is 0 Å². The molecular weight excluding hydrogens is 516 g/mol. The van der Waals surface area contributed by atoms with Gasteiger partial charge in [-0.15, -0.1) is 0 Å². The minimum absolute atomic E-state index is 0.319. The molecule has 3 saturated carbocycles. The molecule has 232 valence electrons. The summed E-state index contributed by atoms with van der Waals surface area (Å²) in [6.45, 7) is 11.3. The van der Waals surface area contributed by atoms with Gasteiger partial charge in [-0.1, -0.05) is 84.3 Å². The van der Waals surface area contributed by atoms with Crippen LogP contribution in [0.1, 0.15) is 143 Å². The van der Waals surface area contributed by atoms with E-state index in [2.05, 4.69) is 33.8 Å². The zero-order valence-corrected chi connectivity index (χ0v) is 27.5. The highest BCUT2D eigenvalue weighted by atomic mass is 32.2. The van der Waals surface area contributed by atoms with Gasteiger partial charge in [0.1, 0.15) is 0 Å². The number of rotatable bonds is 16. The molecule has 0 radical (unpaired) electrons. The maximum absolute atomic E-state index is 11.0. The van der Waals surface area contributed by atoms with E-state index in [0.29, 0.717) is 23.5 Å². The molecule has 40 heavy (non-hydrogen) atoms. The first kappa shape index (κ1) is 32.5. The molecule has 0 bridgehead atoms. The fraction of sp³-hybridized carbons (Fsp3) is 0.943. The van der Waals surface area contributed by atoms with Crippen molar-refractivity contribution < 1.29 is 17.3 Å². The van der Waals surface area contributed by atoms with Crippen molar-refractivity contribution in [2.24, 2.45) is 40.4 Å². The lowest BCUT2D eigenvalue weighted by molar-refractivity contribution is -0.0589. The van der Waals surface area contributed by atoms with E-state index < -0.39 is 10.1 Å². The summed E-state index contributed by atoms with van der Waals surface area (Å²) < 4.78 is 33.2. The summed E-state index contributed by atoms with van der Waals surface area (Å²) in [5, 5.41) is 0. The Balaban J connectivity index is 1.18. The summed E-state index contributed by atoms with van der Waals surface area (Å²) in [5.41, 5.74) is 2.76. The van der Waals surface area contributed by atoms with Gasteiger partial charge in [0, 0.05) is 6.61 Å². The highest BCUT2D eigenvalue weighted by Crippen LogP contribution is 2.66. The van der Waals surface area contributed by atoms with Gasteiger partial charge in [0.2, 0.25) is 0 Å². The van der Waals surface area contributed by atoms with Crippen molar-refractivity contribution in [3.05, 3.63) is 11.6 Å². The number of unbranched alkanes of at least 4 members (excludes halogenated alkanes) is 6. The third kappa shape index (κ3) is 8.16. The second kappa shape index (κ2) is 14.4. The van der Waals surface area contributed by atoms with Gasteiger partial charge >= 0.3 is 0 Å². The third-order valence-corrected chi connectivity index (χ3v) is 12.6. The molecule has 4 rings (SSSR count). The first-order chi connectivity index (χ1) is 19.0. The monoisotopic (exact) mass is 578 g/mol. The first-order valence-electron chi connectivity index (χ1n) is 17.2. The highest BCUT2D eigenvalue weighted by Gasteiger charge is 2.58. The van der Waals surface area contributed by atoms with Crippen LogP contribution in [0.25, 0.3) is 0 Å². The van der Waals surface area contributed by atoms with E-state index in [9.17, 15) is 8.42 Å². The number of hydrogen-bond donors (Lipinski definition) is 0. The molecule has 0 aromatic carbocycles. The molecular formula is C35H62O4S. The molecule has 0 spiro atoms. The average molecular weight is 579 g/mol. The average Bonchev–Trinajstić information content (AvgIpc) is 3.23. The molecule has 0 amide bonds. The number of fused-ring (bicyclic) bond motifs is 5. The van der Waals surface area contributed by atoms with Gasteiger partial charge in [0.25, 0.3) is 10.1 Å². The van der Waals surface area contributed by atoms with Crippen LogP contribution >= 0.6 is 0 Å². The van der Waals surface area contributed by atoms with Crippen LogP contribution in [0.5, 0.6) is 0 Å². The number of ether oxygens (including phenoxy) is 1. The van der Waals surface area contributed by atoms with Crippen LogP contribution in [0.15, 0.2) is 11.6 Å². The summed E-state index contributed by atoms with van der Waals surface area (Å²) in [7, 11) is -3.29. The quantitative estimate of drug-likeness (QED) is 0.104. The Labute approximate surface area is 247 Å². The SMILES string of the molecule is CC(C)CCCC[C@H]1CC[C@H]2[C@@H]3CC=C4C[C@@H](OCCCCCCCCOS(C)(=O)=O)CC[C@]4(C)[C@H]3CC[C@]12C. The molecule has 0 aromatic rings. The summed E-state index contributed by atoms with van der Waals surface area (Å²) in [6.07, 6.45) is 27.5. The molecule has 4 aliphatic rings. The molecule has 7 atom stereocenters. The van der Waals surface area contributed by atoms with E-state index >= 15 is 0 Å². The van der Waals surface area contributed by atoms with Crippen LogP contribution in [0, 0.1) is 40.4 Å². The summed E-state index contributed by atoms with van der Waals surface area (Å²) in [4.78, 5) is 0. The largest absolute Gasteiger partial charge is 0.378 e. The van der Waals surface area contributed by atoms with Crippen LogP contribution in [-0.2, 0) is 19.0 Å². The van der Waals surface area contributed by atoms with Crippen LogP contribution in [0.3, 0.4) is 0 Å². The smallest absolute Gasteiger partial charge is 0.264 e. The van der Waals surface area contributed by atoms with Crippen molar-refractivity contribution in [1.29, 1.82) is 0 Å². The second-order valence-electron chi connectivity index (χ2n) is 15.1. The zero-order chi connectivity index (χ0) is 28.8. The molecule has 3 fully saturated rings. The third-order valence-electron chi connectivity index (χ3n) is 12.0. The molecule has 0 aromatic heterocycles. The van der Waals surface area contributed by atoms with Crippen molar-refractivity contribution >= 4 is 10.1 Å². The fourth-order valence-corrected chi connectivity index (χ4v) is 10.1. The molecule has 0 aliphatic heterocycles. The zero-order valence-electron chi connectivity index (χ0n) is 26.7. The molecule has 4 aliphatic carbocycles. The van der Waals surface area contributed by atoms with E-state index in [-0.39, 0.29) is 0 Å². The lowest BCUT2D eigenvalue weighted by Crippen LogP contribution is -2.50. The summed E-state index contributed by atoms with van der Waals surface area (Å²) in [5.74, 6) is 4.60. The number of hydrogen-bond acceptors (Lipinski definition) is 4. The van der Waals surface area contributed by atoms with Crippen LogP contribution in [0.2, 0.25) is 0 Å². The van der Waals surface area contributed by atoms with Crippen LogP contribution in [0.4, 0.5) is 0 Å². The fourth-order valence-electron chi connectivity index (χ4n) is 9.67. The maximum Gasteiger partial charge on any atom is 0.264 e. The normalized spacial score (nSPS) is 35.8. The van der Waals surface area contributed by atoms with Gasteiger partial charge in [-0.05, 0) is 111 Å². The van der Waals surface area contributed by atoms with Gasteiger partial charge < -0.3 is 4.74 Å². The van der Waals surface area contributed by atoms with E-state index in [0.717, 1.165) is 68.1 Å². The van der Waals surface area contributed by atoms with Crippen molar-refractivity contribution in [2.75, 3.05) is 19.5 Å². The Kier molecular flexibility index (Phi) is 11.7. The predicted octanol–water partition coefficient (Wildman–Crippen LogP) is 9.48. The lowest BCUT2D eigenvalue weighted by Gasteiger charge is -2.58. The molecule has 0 heterocycles. The molecule has 0 N–H and O–H groups in total. The minimum atomic E-state index is -3.29. The molecule has 5 heteroatoms. The standard InChI is InChI=1S/C35H62O4S/c1-27(2)14-10-11-15-28-17-19-32-31-18-16-29-26-30(20-22-35(29,4)33(31)21-23-34(28,32)3)38-24-12-8-6-7-9-13-25-39-40(5,36)37/h16,27-28,30-33H,6-15,17-26H2,1-5H3/t28-,30-,31-,32-,33-,34+,35-/m0/s1. The Hall–Kier alpha value is -0.390. The number of allylic oxidation sites excluding steroid dienone is 1. The van der Waals surface area contributed by atoms with E-state index in [1.165, 1.54) is 89.9 Å². The lowest BCUT2D eigenvalue weighted by atomic mass is 9.47. The highest BCUT2D eigenvalue weighted by molar-refractivity contribution is 7.85. The van der Waals surface area contributed by atoms with Gasteiger partial charge in [-0.2, -0.15) is 8.42 Å². The summed E-state index contributed by atoms with van der Waals surface area (Å²) >= 11 is 0. The summed E-state index contributed by atoms with van der Waals surface area (Å²) in [6, 6.07) is 0. The van der Waals surface area contributed by atoms with Crippen molar-refractivity contribution in [3.63, 3.8) is 0 Å². The van der Waals surface area contributed by atoms with Gasteiger partial charge in [-0.3, -0.25) is 4.18 Å². The van der Waals surface area contributed by atoms with E-state index in [1.54, 1.807) is 5.57 Å². The van der Waals surface area contributed by atoms with Crippen molar-refractivity contribution in [1.82, 2.24) is 0 Å². The van der Waals surface area contributed by atoms with E-state index in [1.807, 2.05) is 0 Å². The maximum atomic E-state index is 11.0. The van der Waals surface area contributed by atoms with Crippen molar-refractivity contribution in [2.45, 2.75) is 149 Å². The Morgan fingerprint density at radius 2 is 1.60 bits per heavy atom.